The van der Waals surface area contributed by atoms with Crippen molar-refractivity contribution in [1.29, 1.82) is 0 Å². The third-order valence-corrected chi connectivity index (χ3v) is 5.48. The molecule has 0 aliphatic carbocycles. The van der Waals surface area contributed by atoms with Crippen LogP contribution in [0.2, 0.25) is 0 Å². The summed E-state index contributed by atoms with van der Waals surface area (Å²) in [6.07, 6.45) is -0.570. The van der Waals surface area contributed by atoms with Crippen LogP contribution in [0.5, 0.6) is 0 Å². The van der Waals surface area contributed by atoms with Crippen molar-refractivity contribution >= 4 is 29.7 Å². The summed E-state index contributed by atoms with van der Waals surface area (Å²) in [6, 6.07) is 20.3. The Labute approximate surface area is 193 Å². The van der Waals surface area contributed by atoms with Crippen LogP contribution < -0.4 is 16.0 Å². The van der Waals surface area contributed by atoms with Crippen LogP contribution in [-0.2, 0) is 14.3 Å². The average Bonchev–Trinajstić information content (AvgIpc) is 2.76. The lowest BCUT2D eigenvalue weighted by atomic mass is 10.0. The van der Waals surface area contributed by atoms with Crippen LogP contribution in [0.3, 0.4) is 0 Å². The Kier molecular flexibility index (Phi) is 10.1. The first-order valence-electron chi connectivity index (χ1n) is 10.5. The number of carbonyl (C=O) groups excluding carboxylic acids is 3. The fourth-order valence-corrected chi connectivity index (χ4v) is 3.95. The fraction of sp³-hybridized carbons (Fsp3) is 0.375. The van der Waals surface area contributed by atoms with E-state index in [4.69, 9.17) is 4.74 Å². The van der Waals surface area contributed by atoms with Crippen molar-refractivity contribution in [3.05, 3.63) is 71.8 Å². The molecule has 3 amide bonds. The first-order valence-corrected chi connectivity index (χ1v) is 11.6. The molecule has 2 rings (SSSR count). The standard InChI is InChI=1S/C24H31N3O4S/c1-24(2,3)31-23(30)27-15-14-25-21(28)22(29)26-16-17-32-20(18-10-6-4-7-11-18)19-12-8-5-9-13-19/h4-13,20H,14-17H2,1-3H3,(H,25,28)(H,26,29)(H,27,30). The number of benzene rings is 2. The van der Waals surface area contributed by atoms with E-state index in [1.807, 2.05) is 36.4 Å². The van der Waals surface area contributed by atoms with Crippen LogP contribution in [0.15, 0.2) is 60.7 Å². The predicted molar refractivity (Wildman–Crippen MR) is 127 cm³/mol. The van der Waals surface area contributed by atoms with Gasteiger partial charge in [-0.15, -0.1) is 11.8 Å². The van der Waals surface area contributed by atoms with Gasteiger partial charge in [-0.3, -0.25) is 9.59 Å². The van der Waals surface area contributed by atoms with Gasteiger partial charge in [0.1, 0.15) is 5.60 Å². The molecule has 0 atom stereocenters. The van der Waals surface area contributed by atoms with E-state index in [-0.39, 0.29) is 18.3 Å². The Balaban J connectivity index is 1.71. The maximum absolute atomic E-state index is 12.0. The van der Waals surface area contributed by atoms with E-state index in [0.29, 0.717) is 12.3 Å². The molecule has 0 aliphatic rings. The molecule has 0 aromatic heterocycles. The Bertz CT molecular complexity index is 830. The Morgan fingerprint density at radius 2 is 1.25 bits per heavy atom. The Morgan fingerprint density at radius 3 is 1.75 bits per heavy atom. The quantitative estimate of drug-likeness (QED) is 0.397. The van der Waals surface area contributed by atoms with E-state index in [1.54, 1.807) is 32.5 Å². The Morgan fingerprint density at radius 1 is 0.781 bits per heavy atom. The number of ether oxygens (including phenoxy) is 1. The van der Waals surface area contributed by atoms with Gasteiger partial charge in [0.2, 0.25) is 0 Å². The molecule has 7 nitrogen and oxygen atoms in total. The fourth-order valence-electron chi connectivity index (χ4n) is 2.80. The summed E-state index contributed by atoms with van der Waals surface area (Å²) in [6.45, 7) is 5.95. The molecule has 0 saturated heterocycles. The molecule has 0 bridgehead atoms. The molecule has 0 heterocycles. The largest absolute Gasteiger partial charge is 0.444 e. The van der Waals surface area contributed by atoms with Crippen molar-refractivity contribution in [3.8, 4) is 0 Å². The smallest absolute Gasteiger partial charge is 0.407 e. The van der Waals surface area contributed by atoms with Crippen molar-refractivity contribution in [2.75, 3.05) is 25.4 Å². The third kappa shape index (κ3) is 9.43. The predicted octanol–water partition coefficient (Wildman–Crippen LogP) is 3.27. The summed E-state index contributed by atoms with van der Waals surface area (Å²) in [7, 11) is 0. The van der Waals surface area contributed by atoms with Crippen LogP contribution in [0.25, 0.3) is 0 Å². The van der Waals surface area contributed by atoms with Crippen LogP contribution in [0.4, 0.5) is 4.79 Å². The molecular weight excluding hydrogens is 426 g/mol. The van der Waals surface area contributed by atoms with Crippen LogP contribution in [0, 0.1) is 0 Å². The van der Waals surface area contributed by atoms with Gasteiger partial charge in [0.15, 0.2) is 0 Å². The zero-order valence-electron chi connectivity index (χ0n) is 18.7. The lowest BCUT2D eigenvalue weighted by Crippen LogP contribution is -2.44. The number of hydrogen-bond acceptors (Lipinski definition) is 5. The highest BCUT2D eigenvalue weighted by Gasteiger charge is 2.17. The average molecular weight is 458 g/mol. The molecule has 0 saturated carbocycles. The van der Waals surface area contributed by atoms with Crippen molar-refractivity contribution in [1.82, 2.24) is 16.0 Å². The first kappa shape index (κ1) is 25.3. The van der Waals surface area contributed by atoms with Gasteiger partial charge in [-0.25, -0.2) is 4.79 Å². The van der Waals surface area contributed by atoms with Gasteiger partial charge in [-0.2, -0.15) is 0 Å². The van der Waals surface area contributed by atoms with E-state index in [9.17, 15) is 14.4 Å². The molecular formula is C24H31N3O4S. The topological polar surface area (TPSA) is 96.5 Å². The maximum atomic E-state index is 12.0. The van der Waals surface area contributed by atoms with Gasteiger partial charge in [-0.05, 0) is 31.9 Å². The SMILES string of the molecule is CC(C)(C)OC(=O)NCCNC(=O)C(=O)NCCSC(c1ccccc1)c1ccccc1. The van der Waals surface area contributed by atoms with Crippen molar-refractivity contribution in [2.24, 2.45) is 0 Å². The number of amides is 3. The van der Waals surface area contributed by atoms with Crippen LogP contribution in [-0.4, -0.2) is 48.9 Å². The van der Waals surface area contributed by atoms with E-state index < -0.39 is 23.5 Å². The van der Waals surface area contributed by atoms with Crippen LogP contribution in [0.1, 0.15) is 37.1 Å². The van der Waals surface area contributed by atoms with Gasteiger partial charge in [0.25, 0.3) is 0 Å². The number of thioether (sulfide) groups is 1. The highest BCUT2D eigenvalue weighted by atomic mass is 32.2. The lowest BCUT2D eigenvalue weighted by Gasteiger charge is -2.19. The van der Waals surface area contributed by atoms with Crippen molar-refractivity contribution in [3.63, 3.8) is 0 Å². The minimum atomic E-state index is -0.733. The summed E-state index contributed by atoms with van der Waals surface area (Å²) >= 11 is 1.70. The van der Waals surface area contributed by atoms with Gasteiger partial charge in [-0.1, -0.05) is 60.7 Å². The number of nitrogens with one attached hydrogen (secondary N) is 3. The van der Waals surface area contributed by atoms with E-state index in [2.05, 4.69) is 40.2 Å². The van der Waals surface area contributed by atoms with Crippen molar-refractivity contribution in [2.45, 2.75) is 31.6 Å². The summed E-state index contributed by atoms with van der Waals surface area (Å²) in [5.41, 5.74) is 1.78. The van der Waals surface area contributed by atoms with Gasteiger partial charge >= 0.3 is 17.9 Å². The molecule has 0 aliphatic heterocycles. The number of rotatable bonds is 9. The van der Waals surface area contributed by atoms with E-state index in [1.165, 1.54) is 11.1 Å². The highest BCUT2D eigenvalue weighted by Crippen LogP contribution is 2.35. The minimum Gasteiger partial charge on any atom is -0.444 e. The molecule has 3 N–H and O–H groups in total. The molecule has 0 fully saturated rings. The zero-order valence-corrected chi connectivity index (χ0v) is 19.5. The number of carbonyl (C=O) groups is 3. The molecule has 32 heavy (non-hydrogen) atoms. The summed E-state index contributed by atoms with van der Waals surface area (Å²) < 4.78 is 5.10. The summed E-state index contributed by atoms with van der Waals surface area (Å²) in [4.78, 5) is 35.5. The van der Waals surface area contributed by atoms with Crippen LogP contribution >= 0.6 is 11.8 Å². The number of alkyl carbamates (subject to hydrolysis) is 1. The second-order valence-corrected chi connectivity index (χ2v) is 9.23. The van der Waals surface area contributed by atoms with E-state index in [0.717, 1.165) is 0 Å². The minimum absolute atomic E-state index is 0.129. The van der Waals surface area contributed by atoms with Crippen molar-refractivity contribution < 1.29 is 19.1 Å². The Hall–Kier alpha value is -3.00. The van der Waals surface area contributed by atoms with Gasteiger partial charge in [0, 0.05) is 25.4 Å². The second kappa shape index (κ2) is 12.8. The lowest BCUT2D eigenvalue weighted by molar-refractivity contribution is -0.139. The second-order valence-electron chi connectivity index (χ2n) is 8.01. The van der Waals surface area contributed by atoms with Gasteiger partial charge < -0.3 is 20.7 Å². The molecule has 0 unspecified atom stereocenters. The third-order valence-electron chi connectivity index (χ3n) is 4.16. The monoisotopic (exact) mass is 457 g/mol. The normalized spacial score (nSPS) is 11.0. The molecule has 2 aromatic carbocycles. The molecule has 172 valence electrons. The van der Waals surface area contributed by atoms with Gasteiger partial charge in [0.05, 0.1) is 5.25 Å². The maximum Gasteiger partial charge on any atom is 0.407 e. The van der Waals surface area contributed by atoms with E-state index >= 15 is 0 Å². The zero-order chi connectivity index (χ0) is 23.4. The summed E-state index contributed by atoms with van der Waals surface area (Å²) in [5.74, 6) is -0.782. The molecule has 8 heteroatoms. The number of hydrogen-bond donors (Lipinski definition) is 3. The highest BCUT2D eigenvalue weighted by molar-refractivity contribution is 7.99. The molecule has 0 radical (unpaired) electrons. The first-order chi connectivity index (χ1) is 15.3. The summed E-state index contributed by atoms with van der Waals surface area (Å²) in [5, 5.41) is 7.77. The molecule has 2 aromatic rings. The molecule has 0 spiro atoms.